The van der Waals surface area contributed by atoms with Crippen molar-refractivity contribution >= 4 is 5.91 Å². The van der Waals surface area contributed by atoms with E-state index in [9.17, 15) is 4.79 Å². The van der Waals surface area contributed by atoms with Crippen molar-refractivity contribution in [3.05, 3.63) is 35.9 Å². The summed E-state index contributed by atoms with van der Waals surface area (Å²) in [5, 5.41) is 3.07. The molecule has 5 heteroatoms. The number of nitrogens with one attached hydrogen (secondary N) is 1. The van der Waals surface area contributed by atoms with Crippen molar-refractivity contribution in [2.24, 2.45) is 5.92 Å². The number of amides is 1. The van der Waals surface area contributed by atoms with Crippen LogP contribution in [0, 0.1) is 5.92 Å². The standard InChI is InChI=1S/C24H39N3O2/c1-29-20-6-14-25-24(28)22-10-18-27(19-11-22)23-12-16-26(17-13-23)15-5-9-21-7-3-2-4-8-21/h2-4,7-8,22-23H,5-6,9-20H2,1H3,(H,25,28). The molecule has 2 heterocycles. The lowest BCUT2D eigenvalue weighted by Gasteiger charge is -2.41. The number of likely N-dealkylation sites (tertiary alicyclic amines) is 2. The van der Waals surface area contributed by atoms with Crippen LogP contribution in [0.4, 0.5) is 0 Å². The molecule has 1 N–H and O–H groups in total. The molecule has 0 unspecified atom stereocenters. The lowest BCUT2D eigenvalue weighted by Crippen LogP contribution is -2.49. The third-order valence-electron chi connectivity index (χ3n) is 6.58. The maximum atomic E-state index is 12.3. The van der Waals surface area contributed by atoms with E-state index in [1.807, 2.05) is 0 Å². The summed E-state index contributed by atoms with van der Waals surface area (Å²) >= 11 is 0. The highest BCUT2D eigenvalue weighted by Crippen LogP contribution is 2.24. The van der Waals surface area contributed by atoms with E-state index in [0.717, 1.165) is 38.9 Å². The zero-order valence-corrected chi connectivity index (χ0v) is 18.2. The van der Waals surface area contributed by atoms with E-state index in [1.165, 1.54) is 50.9 Å². The van der Waals surface area contributed by atoms with Crippen LogP contribution >= 0.6 is 0 Å². The monoisotopic (exact) mass is 401 g/mol. The quantitative estimate of drug-likeness (QED) is 0.612. The highest BCUT2D eigenvalue weighted by molar-refractivity contribution is 5.78. The average molecular weight is 402 g/mol. The first-order valence-electron chi connectivity index (χ1n) is 11.5. The number of hydrogen-bond acceptors (Lipinski definition) is 4. The van der Waals surface area contributed by atoms with Gasteiger partial charge >= 0.3 is 0 Å². The van der Waals surface area contributed by atoms with Gasteiger partial charge in [-0.25, -0.2) is 0 Å². The number of aryl methyl sites for hydroxylation is 1. The van der Waals surface area contributed by atoms with Gasteiger partial charge < -0.3 is 19.9 Å². The number of piperidine rings is 2. The number of nitrogens with zero attached hydrogens (tertiary/aromatic N) is 2. The fourth-order valence-corrected chi connectivity index (χ4v) is 4.76. The Morgan fingerprint density at radius 1 is 1.03 bits per heavy atom. The third-order valence-corrected chi connectivity index (χ3v) is 6.58. The molecule has 0 atom stereocenters. The van der Waals surface area contributed by atoms with Crippen molar-refractivity contribution in [3.8, 4) is 0 Å². The predicted molar refractivity (Wildman–Crippen MR) is 118 cm³/mol. The lowest BCUT2D eigenvalue weighted by molar-refractivity contribution is -0.126. The van der Waals surface area contributed by atoms with Crippen molar-refractivity contribution in [2.45, 2.75) is 51.0 Å². The minimum absolute atomic E-state index is 0.201. The van der Waals surface area contributed by atoms with Gasteiger partial charge in [0, 0.05) is 32.2 Å². The highest BCUT2D eigenvalue weighted by atomic mass is 16.5. The summed E-state index contributed by atoms with van der Waals surface area (Å²) in [6, 6.07) is 11.5. The van der Waals surface area contributed by atoms with Crippen molar-refractivity contribution in [1.82, 2.24) is 15.1 Å². The minimum Gasteiger partial charge on any atom is -0.385 e. The molecular formula is C24H39N3O2. The summed E-state index contributed by atoms with van der Waals surface area (Å²) in [5.74, 6) is 0.445. The van der Waals surface area contributed by atoms with Gasteiger partial charge in [0.05, 0.1) is 0 Å². The molecule has 0 aliphatic carbocycles. The summed E-state index contributed by atoms with van der Waals surface area (Å²) in [5.41, 5.74) is 1.45. The lowest BCUT2D eigenvalue weighted by atomic mass is 9.92. The van der Waals surface area contributed by atoms with Gasteiger partial charge in [0.15, 0.2) is 0 Å². The van der Waals surface area contributed by atoms with Gasteiger partial charge in [-0.05, 0) is 83.2 Å². The van der Waals surface area contributed by atoms with Gasteiger partial charge in [-0.3, -0.25) is 4.79 Å². The fraction of sp³-hybridized carbons (Fsp3) is 0.708. The van der Waals surface area contributed by atoms with Gasteiger partial charge in [0.2, 0.25) is 5.91 Å². The summed E-state index contributed by atoms with van der Waals surface area (Å²) in [6.07, 6.45) is 7.89. The molecule has 2 aliphatic heterocycles. The molecule has 2 aliphatic rings. The SMILES string of the molecule is COCCCNC(=O)C1CCN(C2CCN(CCCc3ccccc3)CC2)CC1. The molecule has 2 saturated heterocycles. The van der Waals surface area contributed by atoms with Crippen molar-refractivity contribution < 1.29 is 9.53 Å². The summed E-state index contributed by atoms with van der Waals surface area (Å²) < 4.78 is 5.04. The molecule has 162 valence electrons. The van der Waals surface area contributed by atoms with Crippen LogP contribution in [0.3, 0.4) is 0 Å². The fourth-order valence-electron chi connectivity index (χ4n) is 4.76. The number of rotatable bonds is 10. The van der Waals surface area contributed by atoms with E-state index in [1.54, 1.807) is 7.11 Å². The molecule has 5 nitrogen and oxygen atoms in total. The Morgan fingerprint density at radius 3 is 2.45 bits per heavy atom. The van der Waals surface area contributed by atoms with E-state index in [4.69, 9.17) is 4.74 Å². The molecule has 0 aromatic heterocycles. The molecule has 2 fully saturated rings. The number of hydrogen-bond donors (Lipinski definition) is 1. The molecule has 1 aromatic rings. The minimum atomic E-state index is 0.201. The largest absolute Gasteiger partial charge is 0.385 e. The van der Waals surface area contributed by atoms with Crippen molar-refractivity contribution in [1.29, 1.82) is 0 Å². The van der Waals surface area contributed by atoms with Crippen LogP contribution in [-0.2, 0) is 16.0 Å². The molecule has 29 heavy (non-hydrogen) atoms. The Kier molecular flexibility index (Phi) is 9.45. The zero-order chi connectivity index (χ0) is 20.3. The zero-order valence-electron chi connectivity index (χ0n) is 18.2. The maximum absolute atomic E-state index is 12.3. The topological polar surface area (TPSA) is 44.8 Å². The van der Waals surface area contributed by atoms with Crippen LogP contribution in [0.2, 0.25) is 0 Å². The Morgan fingerprint density at radius 2 is 1.76 bits per heavy atom. The maximum Gasteiger partial charge on any atom is 0.223 e. The summed E-state index contributed by atoms with van der Waals surface area (Å²) in [4.78, 5) is 17.6. The van der Waals surface area contributed by atoms with Gasteiger partial charge in [-0.15, -0.1) is 0 Å². The molecule has 1 amide bonds. The Balaban J connectivity index is 1.28. The number of ether oxygens (including phenoxy) is 1. The first-order valence-corrected chi connectivity index (χ1v) is 11.5. The van der Waals surface area contributed by atoms with Crippen LogP contribution in [0.25, 0.3) is 0 Å². The second-order valence-corrected chi connectivity index (χ2v) is 8.61. The molecule has 1 aromatic carbocycles. The molecule has 0 spiro atoms. The Labute approximate surface area is 176 Å². The van der Waals surface area contributed by atoms with Crippen molar-refractivity contribution in [3.63, 3.8) is 0 Å². The first-order chi connectivity index (χ1) is 14.3. The Bertz CT molecular complexity index is 579. The van der Waals surface area contributed by atoms with E-state index < -0.39 is 0 Å². The summed E-state index contributed by atoms with van der Waals surface area (Å²) in [6.45, 7) is 7.26. The second-order valence-electron chi connectivity index (χ2n) is 8.61. The molecule has 0 bridgehead atoms. The van der Waals surface area contributed by atoms with Gasteiger partial charge in [-0.2, -0.15) is 0 Å². The first kappa shape index (κ1) is 22.3. The third kappa shape index (κ3) is 7.40. The smallest absolute Gasteiger partial charge is 0.223 e. The molecule has 3 rings (SSSR count). The van der Waals surface area contributed by atoms with Crippen LogP contribution in [0.1, 0.15) is 44.1 Å². The van der Waals surface area contributed by atoms with E-state index in [0.29, 0.717) is 12.6 Å². The van der Waals surface area contributed by atoms with Gasteiger partial charge in [0.1, 0.15) is 0 Å². The van der Waals surface area contributed by atoms with Crippen LogP contribution in [0.5, 0.6) is 0 Å². The number of carbonyl (C=O) groups excluding carboxylic acids is 1. The number of carbonyl (C=O) groups is 1. The summed E-state index contributed by atoms with van der Waals surface area (Å²) in [7, 11) is 1.70. The second kappa shape index (κ2) is 12.3. The molecule has 0 radical (unpaired) electrons. The predicted octanol–water partition coefficient (Wildman–Crippen LogP) is 2.95. The number of benzene rings is 1. The van der Waals surface area contributed by atoms with Gasteiger partial charge in [0.25, 0.3) is 0 Å². The number of methoxy groups -OCH3 is 1. The average Bonchev–Trinajstić information content (AvgIpc) is 2.78. The van der Waals surface area contributed by atoms with Crippen LogP contribution < -0.4 is 5.32 Å². The van der Waals surface area contributed by atoms with E-state index in [2.05, 4.69) is 45.4 Å². The van der Waals surface area contributed by atoms with E-state index >= 15 is 0 Å². The normalized spacial score (nSPS) is 20.0. The van der Waals surface area contributed by atoms with E-state index in [-0.39, 0.29) is 11.8 Å². The molecular weight excluding hydrogens is 362 g/mol. The highest BCUT2D eigenvalue weighted by Gasteiger charge is 2.30. The van der Waals surface area contributed by atoms with Crippen molar-refractivity contribution in [2.75, 3.05) is 53.0 Å². The Hall–Kier alpha value is -1.43. The molecule has 0 saturated carbocycles. The van der Waals surface area contributed by atoms with Gasteiger partial charge in [-0.1, -0.05) is 30.3 Å². The van der Waals surface area contributed by atoms with Crippen LogP contribution in [0.15, 0.2) is 30.3 Å². The van der Waals surface area contributed by atoms with Crippen LogP contribution in [-0.4, -0.2) is 74.7 Å².